The number of carbonyl (C=O) groups excluding carboxylic acids is 1. The summed E-state index contributed by atoms with van der Waals surface area (Å²) >= 11 is 5.92. The molecule has 2 aromatic heterocycles. The summed E-state index contributed by atoms with van der Waals surface area (Å²) in [5.41, 5.74) is -0.740. The van der Waals surface area contributed by atoms with Gasteiger partial charge in [-0.3, -0.25) is 14.4 Å². The minimum Gasteiger partial charge on any atom is -0.468 e. The molecule has 7 heteroatoms. The summed E-state index contributed by atoms with van der Waals surface area (Å²) in [5.74, 6) is 1.02. The van der Waals surface area contributed by atoms with Crippen LogP contribution in [0.15, 0.2) is 35.2 Å². The van der Waals surface area contributed by atoms with E-state index in [1.54, 1.807) is 23.3 Å². The third kappa shape index (κ3) is 3.43. The highest BCUT2D eigenvalue weighted by Gasteiger charge is 2.36. The molecule has 0 spiro atoms. The molecule has 23 heavy (non-hydrogen) atoms. The third-order valence-electron chi connectivity index (χ3n) is 4.27. The van der Waals surface area contributed by atoms with Crippen LogP contribution in [0.25, 0.3) is 0 Å². The molecular weight excluding hydrogens is 316 g/mol. The lowest BCUT2D eigenvalue weighted by Gasteiger charge is -2.38. The molecular formula is C16H21ClN4O2. The summed E-state index contributed by atoms with van der Waals surface area (Å²) in [6.07, 6.45) is 4.93. The Kier molecular flexibility index (Phi) is 4.46. The Balaban J connectivity index is 1.59. The summed E-state index contributed by atoms with van der Waals surface area (Å²) in [4.78, 5) is 17.0. The molecule has 0 aromatic carbocycles. The zero-order valence-electron chi connectivity index (χ0n) is 13.4. The molecule has 0 saturated carbocycles. The van der Waals surface area contributed by atoms with E-state index >= 15 is 0 Å². The van der Waals surface area contributed by atoms with E-state index in [-0.39, 0.29) is 5.91 Å². The maximum absolute atomic E-state index is 12.8. The summed E-state index contributed by atoms with van der Waals surface area (Å²) in [6.45, 7) is 7.61. The molecule has 1 amide bonds. The van der Waals surface area contributed by atoms with Crippen LogP contribution in [0.1, 0.15) is 19.6 Å². The Morgan fingerprint density at radius 1 is 1.35 bits per heavy atom. The zero-order valence-corrected chi connectivity index (χ0v) is 14.2. The van der Waals surface area contributed by atoms with Crippen molar-refractivity contribution in [1.82, 2.24) is 19.6 Å². The first-order chi connectivity index (χ1) is 11.0. The Bertz CT molecular complexity index is 657. The number of furan rings is 1. The quantitative estimate of drug-likeness (QED) is 0.859. The van der Waals surface area contributed by atoms with Gasteiger partial charge < -0.3 is 9.32 Å². The van der Waals surface area contributed by atoms with E-state index in [1.165, 1.54) is 0 Å². The van der Waals surface area contributed by atoms with Crippen molar-refractivity contribution in [3.8, 4) is 0 Å². The number of carbonyl (C=O) groups is 1. The molecule has 2 aromatic rings. The summed E-state index contributed by atoms with van der Waals surface area (Å²) in [7, 11) is 0. The van der Waals surface area contributed by atoms with E-state index in [0.717, 1.165) is 25.4 Å². The smallest absolute Gasteiger partial charge is 0.250 e. The van der Waals surface area contributed by atoms with Gasteiger partial charge in [-0.05, 0) is 26.0 Å². The van der Waals surface area contributed by atoms with Crippen LogP contribution in [0.2, 0.25) is 5.02 Å². The van der Waals surface area contributed by atoms with E-state index in [9.17, 15) is 4.79 Å². The highest BCUT2D eigenvalue weighted by molar-refractivity contribution is 6.30. The first-order valence-electron chi connectivity index (χ1n) is 7.71. The number of hydrogen-bond acceptors (Lipinski definition) is 4. The fourth-order valence-corrected chi connectivity index (χ4v) is 2.96. The van der Waals surface area contributed by atoms with Crippen molar-refractivity contribution in [2.75, 3.05) is 26.2 Å². The Hall–Kier alpha value is -1.79. The fraction of sp³-hybridized carbons (Fsp3) is 0.500. The normalized spacial score (nSPS) is 16.7. The number of halogens is 1. The van der Waals surface area contributed by atoms with Crippen LogP contribution in [0.5, 0.6) is 0 Å². The van der Waals surface area contributed by atoms with E-state index in [1.807, 2.05) is 30.9 Å². The summed E-state index contributed by atoms with van der Waals surface area (Å²) in [6, 6.07) is 3.87. The first-order valence-corrected chi connectivity index (χ1v) is 8.09. The van der Waals surface area contributed by atoms with Gasteiger partial charge in [-0.15, -0.1) is 0 Å². The average Bonchev–Trinajstić information content (AvgIpc) is 3.19. The SMILES string of the molecule is CC(C)(C(=O)N1CCN(Cc2ccco2)CC1)n1cc(Cl)cn1. The van der Waals surface area contributed by atoms with E-state index in [2.05, 4.69) is 10.00 Å². The van der Waals surface area contributed by atoms with Gasteiger partial charge in [0.2, 0.25) is 5.91 Å². The minimum atomic E-state index is -0.740. The Morgan fingerprint density at radius 3 is 2.65 bits per heavy atom. The molecule has 0 radical (unpaired) electrons. The molecule has 3 rings (SSSR count). The van der Waals surface area contributed by atoms with Gasteiger partial charge >= 0.3 is 0 Å². The highest BCUT2D eigenvalue weighted by atomic mass is 35.5. The number of piperazine rings is 1. The maximum atomic E-state index is 12.8. The van der Waals surface area contributed by atoms with Crippen molar-refractivity contribution in [3.05, 3.63) is 41.6 Å². The number of nitrogens with zero attached hydrogens (tertiary/aromatic N) is 4. The minimum absolute atomic E-state index is 0.0647. The van der Waals surface area contributed by atoms with Crippen molar-refractivity contribution in [1.29, 1.82) is 0 Å². The van der Waals surface area contributed by atoms with Crippen molar-refractivity contribution >= 4 is 17.5 Å². The molecule has 6 nitrogen and oxygen atoms in total. The molecule has 3 heterocycles. The van der Waals surface area contributed by atoms with Crippen LogP contribution >= 0.6 is 11.6 Å². The second-order valence-corrected chi connectivity index (χ2v) is 6.75. The van der Waals surface area contributed by atoms with Crippen molar-refractivity contribution in [2.24, 2.45) is 0 Å². The van der Waals surface area contributed by atoms with Gasteiger partial charge in [0.1, 0.15) is 11.3 Å². The molecule has 0 bridgehead atoms. The Labute approximate surface area is 140 Å². The maximum Gasteiger partial charge on any atom is 0.250 e. The van der Waals surface area contributed by atoms with Gasteiger partial charge in [-0.2, -0.15) is 5.10 Å². The van der Waals surface area contributed by atoms with Gasteiger partial charge in [0.25, 0.3) is 0 Å². The van der Waals surface area contributed by atoms with Gasteiger partial charge in [0.15, 0.2) is 0 Å². The molecule has 1 aliphatic rings. The fourth-order valence-electron chi connectivity index (χ4n) is 2.82. The van der Waals surface area contributed by atoms with Gasteiger partial charge in [-0.1, -0.05) is 11.6 Å². The van der Waals surface area contributed by atoms with Crippen LogP contribution in [-0.2, 0) is 16.9 Å². The van der Waals surface area contributed by atoms with Crippen LogP contribution < -0.4 is 0 Å². The standard InChI is InChI=1S/C16H21ClN4O2/c1-16(2,21-11-13(17)10-18-21)15(22)20-7-5-19(6-8-20)12-14-4-3-9-23-14/h3-4,9-11H,5-8,12H2,1-2H3. The highest BCUT2D eigenvalue weighted by Crippen LogP contribution is 2.21. The monoisotopic (exact) mass is 336 g/mol. The van der Waals surface area contributed by atoms with Gasteiger partial charge in [0, 0.05) is 32.4 Å². The summed E-state index contributed by atoms with van der Waals surface area (Å²) in [5, 5.41) is 4.72. The summed E-state index contributed by atoms with van der Waals surface area (Å²) < 4.78 is 7.01. The predicted molar refractivity (Wildman–Crippen MR) is 87.1 cm³/mol. The van der Waals surface area contributed by atoms with Crippen molar-refractivity contribution < 1.29 is 9.21 Å². The van der Waals surface area contributed by atoms with Crippen LogP contribution in [0.4, 0.5) is 0 Å². The largest absolute Gasteiger partial charge is 0.468 e. The lowest BCUT2D eigenvalue weighted by molar-refractivity contribution is -0.141. The number of aromatic nitrogens is 2. The molecule has 1 saturated heterocycles. The van der Waals surface area contributed by atoms with E-state index in [0.29, 0.717) is 18.1 Å². The number of rotatable bonds is 4. The first kappa shape index (κ1) is 16.1. The van der Waals surface area contributed by atoms with E-state index in [4.69, 9.17) is 16.0 Å². The van der Waals surface area contributed by atoms with E-state index < -0.39 is 5.54 Å². The van der Waals surface area contributed by atoms with Crippen LogP contribution in [0.3, 0.4) is 0 Å². The lowest BCUT2D eigenvalue weighted by Crippen LogP contribution is -2.54. The molecule has 124 valence electrons. The number of amides is 1. The Morgan fingerprint density at radius 2 is 2.09 bits per heavy atom. The van der Waals surface area contributed by atoms with Gasteiger partial charge in [0.05, 0.1) is 24.0 Å². The van der Waals surface area contributed by atoms with Crippen LogP contribution in [0, 0.1) is 0 Å². The zero-order chi connectivity index (χ0) is 16.4. The average molecular weight is 337 g/mol. The molecule has 0 unspecified atom stereocenters. The molecule has 1 fully saturated rings. The molecule has 0 atom stereocenters. The van der Waals surface area contributed by atoms with Crippen molar-refractivity contribution in [2.45, 2.75) is 25.9 Å². The molecule has 1 aliphatic heterocycles. The number of hydrogen-bond donors (Lipinski definition) is 0. The second-order valence-electron chi connectivity index (χ2n) is 6.31. The topological polar surface area (TPSA) is 54.5 Å². The molecule has 0 N–H and O–H groups in total. The van der Waals surface area contributed by atoms with Crippen LogP contribution in [-0.4, -0.2) is 51.7 Å². The van der Waals surface area contributed by atoms with Gasteiger partial charge in [-0.25, -0.2) is 0 Å². The predicted octanol–water partition coefficient (Wildman–Crippen LogP) is 2.21. The van der Waals surface area contributed by atoms with Crippen molar-refractivity contribution in [3.63, 3.8) is 0 Å². The third-order valence-corrected chi connectivity index (χ3v) is 4.46. The molecule has 0 aliphatic carbocycles. The lowest BCUT2D eigenvalue weighted by atomic mass is 10.0. The second kappa shape index (κ2) is 6.37.